The van der Waals surface area contributed by atoms with Gasteiger partial charge in [-0.3, -0.25) is 4.79 Å². The number of esters is 1. The Morgan fingerprint density at radius 3 is 2.62 bits per heavy atom. The van der Waals surface area contributed by atoms with Gasteiger partial charge in [0.15, 0.2) is 0 Å². The van der Waals surface area contributed by atoms with Gasteiger partial charge in [-0.2, -0.15) is 0 Å². The van der Waals surface area contributed by atoms with E-state index in [1.807, 2.05) is 0 Å². The molecule has 0 spiro atoms. The molecule has 0 saturated heterocycles. The molecule has 0 aromatic heterocycles. The van der Waals surface area contributed by atoms with E-state index >= 15 is 0 Å². The van der Waals surface area contributed by atoms with Gasteiger partial charge in [0.25, 0.3) is 0 Å². The monoisotopic (exact) mass is 212 g/mol. The molecule has 0 rings (SSSR count). The minimum Gasteiger partial charge on any atom is -0.469 e. The first-order valence-corrected chi connectivity index (χ1v) is 4.62. The van der Waals surface area contributed by atoms with Crippen molar-refractivity contribution in [1.29, 1.82) is 0 Å². The highest BCUT2D eigenvalue weighted by atomic mass is 16.5. The number of carbonyl (C=O) groups is 1. The van der Waals surface area contributed by atoms with Gasteiger partial charge in [0, 0.05) is 0 Å². The number of ether oxygens (including phenoxy) is 1. The van der Waals surface area contributed by atoms with Gasteiger partial charge in [-0.1, -0.05) is 30.1 Å². The Labute approximate surface area is 96.4 Å². The van der Waals surface area contributed by atoms with E-state index in [0.717, 1.165) is 0 Å². The maximum atomic E-state index is 10.7. The van der Waals surface area contributed by atoms with Gasteiger partial charge in [0.2, 0.25) is 0 Å². The number of hydrogen-bond acceptors (Lipinski definition) is 2. The van der Waals surface area contributed by atoms with Gasteiger partial charge < -0.3 is 4.74 Å². The average molecular weight is 212 g/mol. The summed E-state index contributed by atoms with van der Waals surface area (Å²) in [6.45, 7) is 1.72. The fourth-order valence-electron chi connectivity index (χ4n) is 0.633. The van der Waals surface area contributed by atoms with Crippen molar-refractivity contribution in [3.8, 4) is 35.5 Å². The minimum atomic E-state index is -0.264. The largest absolute Gasteiger partial charge is 0.469 e. The van der Waals surface area contributed by atoms with Crippen molar-refractivity contribution >= 4 is 5.97 Å². The second kappa shape index (κ2) is 10.7. The molecule has 0 aromatic rings. The highest BCUT2D eigenvalue weighted by Gasteiger charge is 1.91. The highest BCUT2D eigenvalue weighted by Crippen LogP contribution is 1.86. The molecule has 0 amide bonds. The average Bonchev–Trinajstić information content (AvgIpc) is 2.31. The van der Waals surface area contributed by atoms with Crippen molar-refractivity contribution in [2.45, 2.75) is 13.3 Å². The molecule has 2 nitrogen and oxygen atoms in total. The summed E-state index contributed by atoms with van der Waals surface area (Å²) in [5, 5.41) is 0. The molecule has 0 aliphatic rings. The van der Waals surface area contributed by atoms with Crippen molar-refractivity contribution in [3.05, 3.63) is 24.3 Å². The molecule has 2 heteroatoms. The summed E-state index contributed by atoms with van der Waals surface area (Å²) in [7, 11) is 1.36. The first-order valence-electron chi connectivity index (χ1n) is 4.62. The zero-order chi connectivity index (χ0) is 12.1. The van der Waals surface area contributed by atoms with E-state index in [9.17, 15) is 4.79 Å². The number of hydrogen-bond donors (Lipinski definition) is 0. The Bertz CT molecular complexity index is 448. The topological polar surface area (TPSA) is 26.3 Å². The summed E-state index contributed by atoms with van der Waals surface area (Å²) in [5.41, 5.74) is 0. The number of methoxy groups -OCH3 is 1. The van der Waals surface area contributed by atoms with Crippen LogP contribution in [0.15, 0.2) is 24.3 Å². The lowest BCUT2D eigenvalue weighted by atomic mass is 10.3. The normalized spacial score (nSPS) is 8.38. The molecular weight excluding hydrogens is 200 g/mol. The van der Waals surface area contributed by atoms with Crippen molar-refractivity contribution in [1.82, 2.24) is 0 Å². The third-order valence-electron chi connectivity index (χ3n) is 1.32. The summed E-state index contributed by atoms with van der Waals surface area (Å²) in [6, 6.07) is 0. The third kappa shape index (κ3) is 9.72. The van der Waals surface area contributed by atoms with Crippen LogP contribution >= 0.6 is 0 Å². The molecule has 0 heterocycles. The fraction of sp³-hybridized carbons (Fsp3) is 0.214. The summed E-state index contributed by atoms with van der Waals surface area (Å²) in [6.07, 6.45) is 7.05. The van der Waals surface area contributed by atoms with E-state index in [4.69, 9.17) is 0 Å². The molecule has 0 aliphatic heterocycles. The van der Waals surface area contributed by atoms with Crippen molar-refractivity contribution in [3.63, 3.8) is 0 Å². The summed E-state index contributed by atoms with van der Waals surface area (Å²) in [4.78, 5) is 10.7. The standard InChI is InChI=1S/C14H12O2/c1-3-4-5-6-7-8-9-10-11-12-13-14(15)16-2/h9-12H,13H2,1-2H3. The molecule has 0 N–H and O–H groups in total. The van der Waals surface area contributed by atoms with Crippen LogP contribution in [-0.4, -0.2) is 13.1 Å². The Morgan fingerprint density at radius 1 is 1.19 bits per heavy atom. The quantitative estimate of drug-likeness (QED) is 0.404. The van der Waals surface area contributed by atoms with Gasteiger partial charge in [0.05, 0.1) is 13.5 Å². The van der Waals surface area contributed by atoms with Crippen LogP contribution in [0.4, 0.5) is 0 Å². The van der Waals surface area contributed by atoms with E-state index in [-0.39, 0.29) is 12.4 Å². The summed E-state index contributed by atoms with van der Waals surface area (Å²) in [5.74, 6) is 15.4. The molecule has 0 bridgehead atoms. The SMILES string of the molecule is CC#CC#CC#CC=CC=CCC(=O)OC. The first kappa shape index (κ1) is 13.6. The molecule has 0 radical (unpaired) electrons. The molecule has 0 saturated carbocycles. The van der Waals surface area contributed by atoms with Gasteiger partial charge in [-0.15, -0.1) is 0 Å². The van der Waals surface area contributed by atoms with E-state index < -0.39 is 0 Å². The van der Waals surface area contributed by atoms with Gasteiger partial charge in [-0.25, -0.2) is 0 Å². The lowest BCUT2D eigenvalue weighted by molar-refractivity contribution is -0.139. The van der Waals surface area contributed by atoms with E-state index in [1.54, 1.807) is 31.2 Å². The van der Waals surface area contributed by atoms with E-state index in [1.165, 1.54) is 7.11 Å². The van der Waals surface area contributed by atoms with Crippen LogP contribution in [0.2, 0.25) is 0 Å². The van der Waals surface area contributed by atoms with Crippen LogP contribution in [0, 0.1) is 35.5 Å². The van der Waals surface area contributed by atoms with Crippen LogP contribution in [0.1, 0.15) is 13.3 Å². The molecule has 0 fully saturated rings. The predicted octanol–water partition coefficient (Wildman–Crippen LogP) is 1.69. The second-order valence-electron chi connectivity index (χ2n) is 2.46. The predicted molar refractivity (Wildman–Crippen MR) is 63.9 cm³/mol. The van der Waals surface area contributed by atoms with Crippen LogP contribution < -0.4 is 0 Å². The number of rotatable bonds is 3. The van der Waals surface area contributed by atoms with Crippen molar-refractivity contribution in [2.24, 2.45) is 0 Å². The van der Waals surface area contributed by atoms with Crippen LogP contribution in [0.5, 0.6) is 0 Å². The van der Waals surface area contributed by atoms with Gasteiger partial charge in [0.1, 0.15) is 0 Å². The van der Waals surface area contributed by atoms with Gasteiger partial charge in [-0.05, 0) is 36.7 Å². The molecule has 0 aromatic carbocycles. The maximum absolute atomic E-state index is 10.7. The zero-order valence-corrected chi connectivity index (χ0v) is 9.33. The molecule has 0 atom stereocenters. The Balaban J connectivity index is 3.89. The first-order chi connectivity index (χ1) is 7.81. The highest BCUT2D eigenvalue weighted by molar-refractivity contribution is 5.70. The smallest absolute Gasteiger partial charge is 0.309 e. The van der Waals surface area contributed by atoms with Gasteiger partial charge >= 0.3 is 5.97 Å². The van der Waals surface area contributed by atoms with Crippen molar-refractivity contribution in [2.75, 3.05) is 7.11 Å². The second-order valence-corrected chi connectivity index (χ2v) is 2.46. The number of carbonyl (C=O) groups excluding carboxylic acids is 1. The lowest BCUT2D eigenvalue weighted by Gasteiger charge is -1.89. The summed E-state index contributed by atoms with van der Waals surface area (Å²) < 4.78 is 4.46. The molecular formula is C14H12O2. The van der Waals surface area contributed by atoms with Crippen LogP contribution in [0.25, 0.3) is 0 Å². The van der Waals surface area contributed by atoms with E-state index in [0.29, 0.717) is 0 Å². The van der Waals surface area contributed by atoms with E-state index in [2.05, 4.69) is 40.3 Å². The Hall–Kier alpha value is -2.37. The minimum absolute atomic E-state index is 0.264. The third-order valence-corrected chi connectivity index (χ3v) is 1.32. The fourth-order valence-corrected chi connectivity index (χ4v) is 0.633. The molecule has 0 aliphatic carbocycles. The zero-order valence-electron chi connectivity index (χ0n) is 9.33. The number of allylic oxidation sites excluding steroid dienone is 3. The Morgan fingerprint density at radius 2 is 1.94 bits per heavy atom. The van der Waals surface area contributed by atoms with Crippen molar-refractivity contribution < 1.29 is 9.53 Å². The molecule has 0 unspecified atom stereocenters. The molecule has 80 valence electrons. The Kier molecular flexibility index (Phi) is 9.12. The molecule has 16 heavy (non-hydrogen) atoms. The lowest BCUT2D eigenvalue weighted by Crippen LogP contribution is -1.96. The van der Waals surface area contributed by atoms with Crippen LogP contribution in [0.3, 0.4) is 0 Å². The summed E-state index contributed by atoms with van der Waals surface area (Å²) >= 11 is 0. The maximum Gasteiger partial charge on any atom is 0.309 e. The van der Waals surface area contributed by atoms with Crippen LogP contribution in [-0.2, 0) is 9.53 Å².